The second-order valence-corrected chi connectivity index (χ2v) is 5.85. The largest absolute Gasteiger partial charge is 0.369 e. The Morgan fingerprint density at radius 3 is 2.71 bits per heavy atom. The number of fused-ring (bicyclic) bond motifs is 1. The molecular formula is C17H16ClF2N. The van der Waals surface area contributed by atoms with Crippen LogP contribution in [0.1, 0.15) is 22.9 Å². The summed E-state index contributed by atoms with van der Waals surface area (Å²) in [6.45, 7) is 1.52. The fourth-order valence-electron chi connectivity index (χ4n) is 2.81. The van der Waals surface area contributed by atoms with E-state index < -0.39 is 11.6 Å². The molecule has 2 aromatic carbocycles. The van der Waals surface area contributed by atoms with E-state index in [0.29, 0.717) is 12.1 Å². The van der Waals surface area contributed by atoms with Crippen LogP contribution in [0.25, 0.3) is 0 Å². The van der Waals surface area contributed by atoms with E-state index in [-0.39, 0.29) is 5.38 Å². The smallest absolute Gasteiger partial charge is 0.159 e. The van der Waals surface area contributed by atoms with Crippen molar-refractivity contribution in [2.45, 2.75) is 18.2 Å². The molecule has 1 atom stereocenters. The van der Waals surface area contributed by atoms with Gasteiger partial charge in [0.2, 0.25) is 0 Å². The fourth-order valence-corrected chi connectivity index (χ4v) is 3.11. The van der Waals surface area contributed by atoms with Crippen molar-refractivity contribution in [3.63, 3.8) is 0 Å². The lowest BCUT2D eigenvalue weighted by Crippen LogP contribution is -2.32. The maximum Gasteiger partial charge on any atom is 0.159 e. The van der Waals surface area contributed by atoms with Gasteiger partial charge in [-0.25, -0.2) is 8.78 Å². The van der Waals surface area contributed by atoms with Crippen molar-refractivity contribution in [3.8, 4) is 0 Å². The van der Waals surface area contributed by atoms with Gasteiger partial charge >= 0.3 is 0 Å². The Hall–Kier alpha value is -1.61. The average Bonchev–Trinajstić information content (AvgIpc) is 2.50. The summed E-state index contributed by atoms with van der Waals surface area (Å²) < 4.78 is 26.3. The summed E-state index contributed by atoms with van der Waals surface area (Å²) in [6, 6.07) is 12.1. The lowest BCUT2D eigenvalue weighted by Gasteiger charge is -2.32. The van der Waals surface area contributed by atoms with E-state index in [4.69, 9.17) is 11.6 Å². The second-order valence-electron chi connectivity index (χ2n) is 5.32. The Kier molecular flexibility index (Phi) is 4.11. The molecule has 2 aromatic rings. The van der Waals surface area contributed by atoms with Gasteiger partial charge in [0.1, 0.15) is 0 Å². The van der Waals surface area contributed by atoms with Crippen molar-refractivity contribution in [2.24, 2.45) is 0 Å². The zero-order valence-electron chi connectivity index (χ0n) is 11.5. The first kappa shape index (κ1) is 14.3. The van der Waals surface area contributed by atoms with Crippen LogP contribution < -0.4 is 4.90 Å². The first-order valence-electron chi connectivity index (χ1n) is 7.07. The molecule has 0 aromatic heterocycles. The topological polar surface area (TPSA) is 3.24 Å². The first-order chi connectivity index (χ1) is 10.1. The van der Waals surface area contributed by atoms with Crippen LogP contribution in [-0.2, 0) is 6.42 Å². The molecule has 0 saturated carbocycles. The minimum atomic E-state index is -0.850. The number of rotatable bonds is 3. The number of hydrogen-bond acceptors (Lipinski definition) is 1. The molecule has 0 amide bonds. The first-order valence-corrected chi connectivity index (χ1v) is 7.50. The molecule has 21 heavy (non-hydrogen) atoms. The van der Waals surface area contributed by atoms with Crippen molar-refractivity contribution in [3.05, 3.63) is 65.2 Å². The fraction of sp³-hybridized carbons (Fsp3) is 0.294. The molecule has 0 fully saturated rings. The molecule has 3 rings (SSSR count). The molecule has 0 radical (unpaired) electrons. The molecule has 0 saturated heterocycles. The number of nitrogens with zero attached hydrogens (tertiary/aromatic N) is 1. The highest BCUT2D eigenvalue weighted by Gasteiger charge is 2.20. The second kappa shape index (κ2) is 6.02. The van der Waals surface area contributed by atoms with E-state index in [1.54, 1.807) is 6.07 Å². The van der Waals surface area contributed by atoms with E-state index in [1.807, 2.05) is 12.1 Å². The summed E-state index contributed by atoms with van der Waals surface area (Å²) in [5.74, 6) is -1.69. The lowest BCUT2D eigenvalue weighted by molar-refractivity contribution is 0.506. The number of hydrogen-bond donors (Lipinski definition) is 0. The van der Waals surface area contributed by atoms with E-state index in [9.17, 15) is 8.78 Å². The van der Waals surface area contributed by atoms with Gasteiger partial charge in [-0.3, -0.25) is 0 Å². The molecule has 1 aliphatic rings. The Morgan fingerprint density at radius 2 is 1.90 bits per heavy atom. The third-order valence-corrected chi connectivity index (χ3v) is 4.28. The van der Waals surface area contributed by atoms with Crippen LogP contribution in [0, 0.1) is 11.6 Å². The van der Waals surface area contributed by atoms with Crippen LogP contribution in [-0.4, -0.2) is 13.1 Å². The van der Waals surface area contributed by atoms with Crippen LogP contribution in [0.15, 0.2) is 42.5 Å². The van der Waals surface area contributed by atoms with E-state index in [2.05, 4.69) is 17.0 Å². The monoisotopic (exact) mass is 307 g/mol. The predicted octanol–water partition coefficient (Wildman–Crippen LogP) is 4.70. The van der Waals surface area contributed by atoms with Gasteiger partial charge in [0.05, 0.1) is 5.38 Å². The van der Waals surface area contributed by atoms with Gasteiger partial charge in [0, 0.05) is 18.8 Å². The Balaban J connectivity index is 1.79. The van der Waals surface area contributed by atoms with Crippen molar-refractivity contribution >= 4 is 17.3 Å². The number of anilines is 1. The lowest BCUT2D eigenvalue weighted by atomic mass is 10.0. The summed E-state index contributed by atoms with van der Waals surface area (Å²) in [5.41, 5.74) is 3.12. The van der Waals surface area contributed by atoms with Gasteiger partial charge in [0.25, 0.3) is 0 Å². The molecule has 1 unspecified atom stereocenters. The van der Waals surface area contributed by atoms with E-state index >= 15 is 0 Å². The molecule has 1 aliphatic heterocycles. The summed E-state index contributed by atoms with van der Waals surface area (Å²) in [4.78, 5) is 2.22. The zero-order chi connectivity index (χ0) is 14.8. The van der Waals surface area contributed by atoms with Crippen LogP contribution >= 0.6 is 11.6 Å². The molecule has 0 bridgehead atoms. The quantitative estimate of drug-likeness (QED) is 0.743. The minimum absolute atomic E-state index is 0.369. The molecule has 4 heteroatoms. The maximum absolute atomic E-state index is 13.3. The number of halogens is 3. The Morgan fingerprint density at radius 1 is 1.10 bits per heavy atom. The minimum Gasteiger partial charge on any atom is -0.369 e. The van der Waals surface area contributed by atoms with E-state index in [0.717, 1.165) is 25.5 Å². The Labute approximate surface area is 128 Å². The van der Waals surface area contributed by atoms with Gasteiger partial charge in [0.15, 0.2) is 11.6 Å². The van der Waals surface area contributed by atoms with Crippen molar-refractivity contribution in [1.29, 1.82) is 0 Å². The van der Waals surface area contributed by atoms with Crippen LogP contribution in [0.3, 0.4) is 0 Å². The standard InChI is InChI=1S/C17H16ClF2N/c18-14(13-7-8-15(19)16(20)10-13)11-21-9-3-5-12-4-1-2-6-17(12)21/h1-2,4,6-8,10,14H,3,5,9,11H2. The van der Waals surface area contributed by atoms with Crippen LogP contribution in [0.2, 0.25) is 0 Å². The summed E-state index contributed by atoms with van der Waals surface area (Å²) in [6.07, 6.45) is 2.16. The molecule has 1 nitrogen and oxygen atoms in total. The van der Waals surface area contributed by atoms with Crippen molar-refractivity contribution in [2.75, 3.05) is 18.0 Å². The highest BCUT2D eigenvalue weighted by atomic mass is 35.5. The van der Waals surface area contributed by atoms with Crippen LogP contribution in [0.4, 0.5) is 14.5 Å². The van der Waals surface area contributed by atoms with Gasteiger partial charge in [-0.1, -0.05) is 24.3 Å². The molecule has 1 heterocycles. The highest BCUT2D eigenvalue weighted by molar-refractivity contribution is 6.21. The van der Waals surface area contributed by atoms with Gasteiger partial charge in [-0.15, -0.1) is 11.6 Å². The van der Waals surface area contributed by atoms with Crippen LogP contribution in [0.5, 0.6) is 0 Å². The normalized spacial score (nSPS) is 15.7. The summed E-state index contributed by atoms with van der Waals surface area (Å²) in [7, 11) is 0. The number of alkyl halides is 1. The van der Waals surface area contributed by atoms with Crippen molar-refractivity contribution < 1.29 is 8.78 Å². The molecule has 110 valence electrons. The number of para-hydroxylation sites is 1. The summed E-state index contributed by atoms with van der Waals surface area (Å²) >= 11 is 6.40. The molecule has 0 N–H and O–H groups in total. The zero-order valence-corrected chi connectivity index (χ0v) is 12.3. The highest BCUT2D eigenvalue weighted by Crippen LogP contribution is 2.31. The number of aryl methyl sites for hydroxylation is 1. The van der Waals surface area contributed by atoms with E-state index in [1.165, 1.54) is 17.3 Å². The third kappa shape index (κ3) is 3.03. The number of benzene rings is 2. The van der Waals surface area contributed by atoms with Gasteiger partial charge in [-0.2, -0.15) is 0 Å². The molecule has 0 aliphatic carbocycles. The molecule has 0 spiro atoms. The Bertz CT molecular complexity index is 644. The van der Waals surface area contributed by atoms with Crippen molar-refractivity contribution in [1.82, 2.24) is 0 Å². The average molecular weight is 308 g/mol. The predicted molar refractivity (Wildman–Crippen MR) is 81.9 cm³/mol. The third-order valence-electron chi connectivity index (χ3n) is 3.89. The summed E-state index contributed by atoms with van der Waals surface area (Å²) in [5, 5.41) is -0.369. The van der Waals surface area contributed by atoms with Gasteiger partial charge < -0.3 is 4.90 Å². The van der Waals surface area contributed by atoms with Gasteiger partial charge in [-0.05, 0) is 42.2 Å². The molecular weight excluding hydrogens is 292 g/mol. The maximum atomic E-state index is 13.3. The SMILES string of the molecule is Fc1ccc(C(Cl)CN2CCCc3ccccc32)cc1F.